The first-order valence-corrected chi connectivity index (χ1v) is 5.07. The van der Waals surface area contributed by atoms with Crippen molar-refractivity contribution in [3.63, 3.8) is 0 Å². The van der Waals surface area contributed by atoms with Crippen molar-refractivity contribution < 1.29 is 4.79 Å². The van der Waals surface area contributed by atoms with Crippen LogP contribution in [-0.2, 0) is 4.79 Å². The Kier molecular flexibility index (Phi) is 1.94. The van der Waals surface area contributed by atoms with Gasteiger partial charge in [-0.15, -0.1) is 0 Å². The Morgan fingerprint density at radius 1 is 1.38 bits per heavy atom. The van der Waals surface area contributed by atoms with Crippen LogP contribution in [0.2, 0.25) is 0 Å². The van der Waals surface area contributed by atoms with E-state index in [1.54, 1.807) is 4.90 Å². The molecule has 72 valence electrons. The minimum Gasteiger partial charge on any atom is -0.319 e. The van der Waals surface area contributed by atoms with Crippen LogP contribution in [0, 0.1) is 17.8 Å². The molecule has 2 rings (SSSR count). The molecule has 1 heterocycles. The number of rotatable bonds is 0. The highest BCUT2D eigenvalue weighted by molar-refractivity contribution is 5.84. The number of likely N-dealkylation sites (tertiary alicyclic amines) is 1. The molecule has 2 fully saturated rings. The molecule has 1 aliphatic heterocycles. The predicted molar refractivity (Wildman–Crippen MR) is 51.9 cm³/mol. The SMILES string of the molecule is C=C1C2CC(C)CCC2C(=O)N1C. The first-order valence-electron chi connectivity index (χ1n) is 5.07. The van der Waals surface area contributed by atoms with Crippen LogP contribution in [-0.4, -0.2) is 17.9 Å². The van der Waals surface area contributed by atoms with Gasteiger partial charge in [0.2, 0.25) is 5.91 Å². The molecule has 3 unspecified atom stereocenters. The van der Waals surface area contributed by atoms with Crippen LogP contribution in [0.3, 0.4) is 0 Å². The topological polar surface area (TPSA) is 20.3 Å². The van der Waals surface area contributed by atoms with Crippen molar-refractivity contribution in [3.8, 4) is 0 Å². The third-order valence-electron chi connectivity index (χ3n) is 3.62. The van der Waals surface area contributed by atoms with E-state index in [4.69, 9.17) is 0 Å². The molecule has 1 saturated heterocycles. The van der Waals surface area contributed by atoms with Crippen LogP contribution in [0.1, 0.15) is 26.2 Å². The third kappa shape index (κ3) is 1.19. The molecule has 1 saturated carbocycles. The predicted octanol–water partition coefficient (Wildman–Crippen LogP) is 2.02. The van der Waals surface area contributed by atoms with Gasteiger partial charge in [-0.25, -0.2) is 0 Å². The minimum atomic E-state index is 0.258. The van der Waals surface area contributed by atoms with Gasteiger partial charge in [-0.1, -0.05) is 13.5 Å². The summed E-state index contributed by atoms with van der Waals surface area (Å²) >= 11 is 0. The summed E-state index contributed by atoms with van der Waals surface area (Å²) in [5.74, 6) is 1.76. The van der Waals surface area contributed by atoms with Crippen LogP contribution < -0.4 is 0 Å². The van der Waals surface area contributed by atoms with Crippen molar-refractivity contribution in [2.24, 2.45) is 17.8 Å². The normalized spacial score (nSPS) is 39.5. The molecule has 2 nitrogen and oxygen atoms in total. The molecule has 0 bridgehead atoms. The van der Waals surface area contributed by atoms with Gasteiger partial charge in [0.1, 0.15) is 0 Å². The lowest BCUT2D eigenvalue weighted by Gasteiger charge is -2.27. The molecule has 1 amide bonds. The van der Waals surface area contributed by atoms with Crippen LogP contribution in [0.4, 0.5) is 0 Å². The maximum atomic E-state index is 11.7. The van der Waals surface area contributed by atoms with E-state index in [1.165, 1.54) is 6.42 Å². The number of hydrogen-bond donors (Lipinski definition) is 0. The standard InChI is InChI=1S/C11H17NO/c1-7-4-5-9-10(6-7)8(2)12(3)11(9)13/h7,9-10H,2,4-6H2,1,3H3. The first kappa shape index (κ1) is 8.79. The fourth-order valence-corrected chi connectivity index (χ4v) is 2.68. The van der Waals surface area contributed by atoms with E-state index in [0.29, 0.717) is 11.8 Å². The van der Waals surface area contributed by atoms with Crippen molar-refractivity contribution in [2.45, 2.75) is 26.2 Å². The average Bonchev–Trinajstić information content (AvgIpc) is 2.32. The van der Waals surface area contributed by atoms with E-state index in [1.807, 2.05) is 7.05 Å². The average molecular weight is 179 g/mol. The lowest BCUT2D eigenvalue weighted by molar-refractivity contribution is -0.130. The Labute approximate surface area is 79.6 Å². The maximum absolute atomic E-state index is 11.7. The molecule has 0 radical (unpaired) electrons. The molecule has 1 aliphatic carbocycles. The second-order valence-corrected chi connectivity index (χ2v) is 4.52. The number of carbonyl (C=O) groups is 1. The Balaban J connectivity index is 2.22. The van der Waals surface area contributed by atoms with Crippen LogP contribution >= 0.6 is 0 Å². The van der Waals surface area contributed by atoms with Crippen molar-refractivity contribution in [3.05, 3.63) is 12.3 Å². The number of hydrogen-bond acceptors (Lipinski definition) is 1. The van der Waals surface area contributed by atoms with Gasteiger partial charge in [0.15, 0.2) is 0 Å². The second-order valence-electron chi connectivity index (χ2n) is 4.52. The number of amides is 1. The maximum Gasteiger partial charge on any atom is 0.230 e. The number of fused-ring (bicyclic) bond motifs is 1. The number of allylic oxidation sites excluding steroid dienone is 1. The van der Waals surface area contributed by atoms with Gasteiger partial charge >= 0.3 is 0 Å². The van der Waals surface area contributed by atoms with Crippen molar-refractivity contribution >= 4 is 5.91 Å². The minimum absolute atomic E-state index is 0.258. The lowest BCUT2D eigenvalue weighted by atomic mass is 9.75. The molecule has 0 N–H and O–H groups in total. The lowest BCUT2D eigenvalue weighted by Crippen LogP contribution is -2.25. The molecule has 2 heteroatoms. The summed E-state index contributed by atoms with van der Waals surface area (Å²) in [6, 6.07) is 0. The van der Waals surface area contributed by atoms with E-state index in [-0.39, 0.29) is 5.92 Å². The van der Waals surface area contributed by atoms with E-state index in [2.05, 4.69) is 13.5 Å². The van der Waals surface area contributed by atoms with Gasteiger partial charge in [-0.3, -0.25) is 4.79 Å². The fourth-order valence-electron chi connectivity index (χ4n) is 2.68. The highest BCUT2D eigenvalue weighted by Gasteiger charge is 2.43. The Morgan fingerprint density at radius 2 is 2.08 bits per heavy atom. The molecule has 0 aromatic heterocycles. The number of nitrogens with zero attached hydrogens (tertiary/aromatic N) is 1. The zero-order chi connectivity index (χ0) is 9.59. The summed E-state index contributed by atoms with van der Waals surface area (Å²) in [4.78, 5) is 13.5. The van der Waals surface area contributed by atoms with Crippen molar-refractivity contribution in [1.82, 2.24) is 4.90 Å². The summed E-state index contributed by atoms with van der Waals surface area (Å²) in [5.41, 5.74) is 1.04. The highest BCUT2D eigenvalue weighted by Crippen LogP contribution is 2.43. The van der Waals surface area contributed by atoms with E-state index in [0.717, 1.165) is 24.5 Å². The third-order valence-corrected chi connectivity index (χ3v) is 3.62. The van der Waals surface area contributed by atoms with Gasteiger partial charge in [-0.05, 0) is 25.2 Å². The molecule has 3 atom stereocenters. The molecule has 0 aromatic rings. The summed E-state index contributed by atoms with van der Waals surface area (Å²) < 4.78 is 0. The largest absolute Gasteiger partial charge is 0.319 e. The van der Waals surface area contributed by atoms with Crippen LogP contribution in [0.5, 0.6) is 0 Å². The zero-order valence-corrected chi connectivity index (χ0v) is 8.42. The van der Waals surface area contributed by atoms with E-state index in [9.17, 15) is 4.79 Å². The highest BCUT2D eigenvalue weighted by atomic mass is 16.2. The Bertz CT molecular complexity index is 259. The molecule has 13 heavy (non-hydrogen) atoms. The van der Waals surface area contributed by atoms with Crippen LogP contribution in [0.25, 0.3) is 0 Å². The Morgan fingerprint density at radius 3 is 2.77 bits per heavy atom. The smallest absolute Gasteiger partial charge is 0.230 e. The van der Waals surface area contributed by atoms with E-state index < -0.39 is 0 Å². The summed E-state index contributed by atoms with van der Waals surface area (Å²) in [7, 11) is 1.85. The second kappa shape index (κ2) is 2.86. The van der Waals surface area contributed by atoms with Gasteiger partial charge in [0, 0.05) is 24.6 Å². The quantitative estimate of drug-likeness (QED) is 0.557. The zero-order valence-electron chi connectivity index (χ0n) is 8.42. The van der Waals surface area contributed by atoms with Gasteiger partial charge in [0.05, 0.1) is 0 Å². The van der Waals surface area contributed by atoms with Crippen LogP contribution in [0.15, 0.2) is 12.3 Å². The van der Waals surface area contributed by atoms with Gasteiger partial charge in [-0.2, -0.15) is 0 Å². The molecule has 2 aliphatic rings. The van der Waals surface area contributed by atoms with Gasteiger partial charge < -0.3 is 4.90 Å². The van der Waals surface area contributed by atoms with Crippen molar-refractivity contribution in [2.75, 3.05) is 7.05 Å². The monoisotopic (exact) mass is 179 g/mol. The fraction of sp³-hybridized carbons (Fsp3) is 0.727. The Hall–Kier alpha value is -0.790. The molecular formula is C11H17NO. The number of carbonyl (C=O) groups excluding carboxylic acids is 1. The van der Waals surface area contributed by atoms with Crippen molar-refractivity contribution in [1.29, 1.82) is 0 Å². The molecule has 0 aromatic carbocycles. The van der Waals surface area contributed by atoms with Gasteiger partial charge in [0.25, 0.3) is 0 Å². The van der Waals surface area contributed by atoms with E-state index >= 15 is 0 Å². The first-order chi connectivity index (χ1) is 6.11. The summed E-state index contributed by atoms with van der Waals surface area (Å²) in [6.07, 6.45) is 3.42. The molecular weight excluding hydrogens is 162 g/mol. The molecule has 0 spiro atoms. The summed E-state index contributed by atoms with van der Waals surface area (Å²) in [6.45, 7) is 6.28. The summed E-state index contributed by atoms with van der Waals surface area (Å²) in [5, 5.41) is 0.